The maximum Gasteiger partial charge on any atom is 0.233 e. The smallest absolute Gasteiger partial charge is 0.233 e. The van der Waals surface area contributed by atoms with Gasteiger partial charge in [-0.3, -0.25) is 4.79 Å². The van der Waals surface area contributed by atoms with E-state index in [9.17, 15) is 4.79 Å². The van der Waals surface area contributed by atoms with Crippen molar-refractivity contribution in [2.75, 3.05) is 26.7 Å². The van der Waals surface area contributed by atoms with Crippen LogP contribution in [0.3, 0.4) is 0 Å². The molecule has 0 rings (SSSR count). The predicted octanol–water partition coefficient (Wildman–Crippen LogP) is -0.269. The largest absolute Gasteiger partial charge is 0.396 e. The molecule has 1 unspecified atom stereocenters. The van der Waals surface area contributed by atoms with Crippen LogP contribution < -0.4 is 10.6 Å². The fourth-order valence-corrected chi connectivity index (χ4v) is 1.11. The summed E-state index contributed by atoms with van der Waals surface area (Å²) in [5.41, 5.74) is 0. The van der Waals surface area contributed by atoms with E-state index in [-0.39, 0.29) is 12.5 Å². The minimum Gasteiger partial charge on any atom is -0.396 e. The summed E-state index contributed by atoms with van der Waals surface area (Å²) in [5.74, 6) is 0.466. The molecule has 0 bridgehead atoms. The number of carbonyl (C=O) groups is 1. The first kappa shape index (κ1) is 12.4. The summed E-state index contributed by atoms with van der Waals surface area (Å²) >= 11 is 0. The van der Waals surface area contributed by atoms with Gasteiger partial charge in [-0.15, -0.1) is 0 Å². The number of aliphatic hydroxyl groups excluding tert-OH is 1. The third kappa shape index (κ3) is 6.54. The summed E-state index contributed by atoms with van der Waals surface area (Å²) in [5, 5.41) is 14.3. The molecular formula is C9H20N2O2. The lowest BCUT2D eigenvalue weighted by Gasteiger charge is -2.13. The fraction of sp³-hybridized carbons (Fsp3) is 0.889. The minimum atomic E-state index is -0.00106. The van der Waals surface area contributed by atoms with Gasteiger partial charge in [0.2, 0.25) is 5.91 Å². The van der Waals surface area contributed by atoms with Crippen molar-refractivity contribution < 1.29 is 9.90 Å². The number of hydrogen-bond donors (Lipinski definition) is 3. The van der Waals surface area contributed by atoms with Gasteiger partial charge >= 0.3 is 0 Å². The van der Waals surface area contributed by atoms with Crippen molar-refractivity contribution in [1.29, 1.82) is 0 Å². The van der Waals surface area contributed by atoms with Crippen LogP contribution in [0.4, 0.5) is 0 Å². The molecule has 0 saturated heterocycles. The van der Waals surface area contributed by atoms with Crippen molar-refractivity contribution in [2.45, 2.75) is 19.8 Å². The molecule has 0 aromatic heterocycles. The Balaban J connectivity index is 3.42. The Hall–Kier alpha value is -0.610. The lowest BCUT2D eigenvalue weighted by Crippen LogP contribution is -2.34. The van der Waals surface area contributed by atoms with Crippen LogP contribution in [0.2, 0.25) is 0 Å². The van der Waals surface area contributed by atoms with Crippen molar-refractivity contribution in [3.63, 3.8) is 0 Å². The van der Waals surface area contributed by atoms with Gasteiger partial charge in [0.1, 0.15) is 0 Å². The molecule has 4 nitrogen and oxygen atoms in total. The summed E-state index contributed by atoms with van der Waals surface area (Å²) < 4.78 is 0. The summed E-state index contributed by atoms with van der Waals surface area (Å²) in [6.07, 6.45) is 1.83. The maximum absolute atomic E-state index is 10.8. The van der Waals surface area contributed by atoms with Gasteiger partial charge in [-0.25, -0.2) is 0 Å². The number of aliphatic hydroxyl groups is 1. The molecular weight excluding hydrogens is 168 g/mol. The Bertz CT molecular complexity index is 140. The summed E-state index contributed by atoms with van der Waals surface area (Å²) in [7, 11) is 1.62. The molecule has 0 aromatic carbocycles. The first-order chi connectivity index (χ1) is 6.24. The van der Waals surface area contributed by atoms with Crippen molar-refractivity contribution in [1.82, 2.24) is 10.6 Å². The van der Waals surface area contributed by atoms with Gasteiger partial charge in [-0.05, 0) is 18.9 Å². The van der Waals surface area contributed by atoms with Crippen molar-refractivity contribution in [3.8, 4) is 0 Å². The van der Waals surface area contributed by atoms with Crippen LogP contribution in [-0.4, -0.2) is 37.8 Å². The number of likely N-dealkylation sites (N-methyl/N-ethyl adjacent to an activating group) is 1. The Kier molecular flexibility index (Phi) is 7.63. The summed E-state index contributed by atoms with van der Waals surface area (Å²) in [6.45, 7) is 3.46. The van der Waals surface area contributed by atoms with E-state index in [0.717, 1.165) is 19.4 Å². The molecule has 13 heavy (non-hydrogen) atoms. The number of amides is 1. The summed E-state index contributed by atoms with van der Waals surface area (Å²) in [4.78, 5) is 10.8. The fourth-order valence-electron chi connectivity index (χ4n) is 1.11. The van der Waals surface area contributed by atoms with Crippen LogP contribution in [0.5, 0.6) is 0 Å². The van der Waals surface area contributed by atoms with Crippen LogP contribution in [-0.2, 0) is 4.79 Å². The van der Waals surface area contributed by atoms with Gasteiger partial charge < -0.3 is 15.7 Å². The normalized spacial score (nSPS) is 12.5. The predicted molar refractivity (Wildman–Crippen MR) is 52.4 cm³/mol. The molecule has 0 aliphatic heterocycles. The SMILES string of the molecule is CCC(CCO)CNCC(=O)NC. The quantitative estimate of drug-likeness (QED) is 0.515. The second-order valence-electron chi connectivity index (χ2n) is 3.09. The topological polar surface area (TPSA) is 61.4 Å². The maximum atomic E-state index is 10.8. The molecule has 0 aliphatic carbocycles. The summed E-state index contributed by atoms with van der Waals surface area (Å²) in [6, 6.07) is 0. The molecule has 1 atom stereocenters. The second-order valence-corrected chi connectivity index (χ2v) is 3.09. The minimum absolute atomic E-state index is 0.00106. The molecule has 4 heteroatoms. The average Bonchev–Trinajstić information content (AvgIpc) is 2.16. The molecule has 3 N–H and O–H groups in total. The zero-order valence-electron chi connectivity index (χ0n) is 8.47. The molecule has 0 aliphatic rings. The number of nitrogens with one attached hydrogen (secondary N) is 2. The highest BCUT2D eigenvalue weighted by atomic mass is 16.3. The van der Waals surface area contributed by atoms with Crippen LogP contribution in [0.1, 0.15) is 19.8 Å². The molecule has 78 valence electrons. The molecule has 1 amide bonds. The van der Waals surface area contributed by atoms with Gasteiger partial charge in [0.05, 0.1) is 6.54 Å². The highest BCUT2D eigenvalue weighted by Crippen LogP contribution is 2.04. The number of carbonyl (C=O) groups excluding carboxylic acids is 1. The first-order valence-corrected chi connectivity index (χ1v) is 4.76. The van der Waals surface area contributed by atoms with Gasteiger partial charge in [0.25, 0.3) is 0 Å². The van der Waals surface area contributed by atoms with Crippen LogP contribution in [0.25, 0.3) is 0 Å². The van der Waals surface area contributed by atoms with Gasteiger partial charge in [0, 0.05) is 13.7 Å². The third-order valence-corrected chi connectivity index (χ3v) is 2.11. The average molecular weight is 188 g/mol. The lowest BCUT2D eigenvalue weighted by molar-refractivity contribution is -0.119. The van der Waals surface area contributed by atoms with E-state index >= 15 is 0 Å². The third-order valence-electron chi connectivity index (χ3n) is 2.11. The van der Waals surface area contributed by atoms with Crippen LogP contribution in [0.15, 0.2) is 0 Å². The van der Waals surface area contributed by atoms with E-state index < -0.39 is 0 Å². The van der Waals surface area contributed by atoms with E-state index in [1.165, 1.54) is 0 Å². The molecule has 0 heterocycles. The Morgan fingerprint density at radius 3 is 2.69 bits per heavy atom. The Labute approximate surface area is 79.7 Å². The van der Waals surface area contributed by atoms with E-state index in [0.29, 0.717) is 12.5 Å². The van der Waals surface area contributed by atoms with Crippen LogP contribution >= 0.6 is 0 Å². The molecule has 0 aromatic rings. The van der Waals surface area contributed by atoms with E-state index in [1.54, 1.807) is 7.05 Å². The van der Waals surface area contributed by atoms with Gasteiger partial charge in [-0.1, -0.05) is 13.3 Å². The second kappa shape index (κ2) is 8.01. The van der Waals surface area contributed by atoms with Crippen LogP contribution in [0, 0.1) is 5.92 Å². The van der Waals surface area contributed by atoms with E-state index in [4.69, 9.17) is 5.11 Å². The molecule has 0 saturated carbocycles. The van der Waals surface area contributed by atoms with E-state index in [1.807, 2.05) is 0 Å². The Morgan fingerprint density at radius 2 is 2.23 bits per heavy atom. The molecule has 0 spiro atoms. The number of rotatable bonds is 7. The van der Waals surface area contributed by atoms with Gasteiger partial charge in [0.15, 0.2) is 0 Å². The Morgan fingerprint density at radius 1 is 1.54 bits per heavy atom. The molecule has 0 fully saturated rings. The lowest BCUT2D eigenvalue weighted by atomic mass is 10.0. The monoisotopic (exact) mass is 188 g/mol. The van der Waals surface area contributed by atoms with Crippen molar-refractivity contribution in [3.05, 3.63) is 0 Å². The van der Waals surface area contributed by atoms with Gasteiger partial charge in [-0.2, -0.15) is 0 Å². The zero-order valence-corrected chi connectivity index (χ0v) is 8.47. The molecule has 0 radical (unpaired) electrons. The van der Waals surface area contributed by atoms with Crippen molar-refractivity contribution >= 4 is 5.91 Å². The number of hydrogen-bond acceptors (Lipinski definition) is 3. The zero-order chi connectivity index (χ0) is 10.1. The highest BCUT2D eigenvalue weighted by molar-refractivity contribution is 5.77. The standard InChI is InChI=1S/C9H20N2O2/c1-3-8(4-5-12)6-11-7-9(13)10-2/h8,11-12H,3-7H2,1-2H3,(H,10,13). The first-order valence-electron chi connectivity index (χ1n) is 4.76. The van der Waals surface area contributed by atoms with E-state index in [2.05, 4.69) is 17.6 Å². The highest BCUT2D eigenvalue weighted by Gasteiger charge is 2.05. The van der Waals surface area contributed by atoms with Crippen molar-refractivity contribution in [2.24, 2.45) is 5.92 Å².